The first-order valence-corrected chi connectivity index (χ1v) is 9.51. The van der Waals surface area contributed by atoms with Crippen LogP contribution in [0, 0.1) is 25.2 Å². The summed E-state index contributed by atoms with van der Waals surface area (Å²) < 4.78 is 10.4. The molecule has 7 nitrogen and oxygen atoms in total. The molecule has 0 aliphatic rings. The van der Waals surface area contributed by atoms with Crippen molar-refractivity contribution in [1.29, 1.82) is 5.26 Å². The topological polar surface area (TPSA) is 95.4 Å². The van der Waals surface area contributed by atoms with Gasteiger partial charge in [0.05, 0.1) is 19.6 Å². The number of aromatic nitrogens is 1. The third kappa shape index (κ3) is 4.78. The number of H-pyrrole nitrogens is 1. The van der Waals surface area contributed by atoms with E-state index in [9.17, 15) is 9.59 Å². The zero-order valence-electron chi connectivity index (χ0n) is 17.2. The molecule has 0 fully saturated rings. The number of nitrogens with one attached hydrogen (secondary N) is 1. The van der Waals surface area contributed by atoms with Gasteiger partial charge < -0.3 is 19.4 Å². The molecule has 0 aliphatic carbocycles. The Morgan fingerprint density at radius 2 is 1.83 bits per heavy atom. The molecule has 3 aromatic rings. The molecule has 1 heterocycles. The Morgan fingerprint density at radius 3 is 2.50 bits per heavy atom. The van der Waals surface area contributed by atoms with Crippen molar-refractivity contribution < 1.29 is 19.1 Å². The molecule has 154 valence electrons. The molecule has 0 unspecified atom stereocenters. The summed E-state index contributed by atoms with van der Waals surface area (Å²) >= 11 is 0. The van der Waals surface area contributed by atoms with Gasteiger partial charge in [-0.2, -0.15) is 5.26 Å². The Balaban J connectivity index is 1.72. The van der Waals surface area contributed by atoms with Crippen LogP contribution in [0.25, 0.3) is 10.9 Å². The summed E-state index contributed by atoms with van der Waals surface area (Å²) in [4.78, 5) is 29.7. The minimum absolute atomic E-state index is 0.177. The number of benzene rings is 2. The van der Waals surface area contributed by atoms with Crippen molar-refractivity contribution in [3.05, 3.63) is 59.3 Å². The summed E-state index contributed by atoms with van der Waals surface area (Å²) in [5, 5.41) is 9.77. The Kier molecular flexibility index (Phi) is 6.38. The van der Waals surface area contributed by atoms with E-state index >= 15 is 0 Å². The van der Waals surface area contributed by atoms with Crippen molar-refractivity contribution in [2.24, 2.45) is 0 Å². The fourth-order valence-corrected chi connectivity index (χ4v) is 3.29. The van der Waals surface area contributed by atoms with Gasteiger partial charge in [-0.15, -0.1) is 0 Å². The van der Waals surface area contributed by atoms with Gasteiger partial charge in [0.1, 0.15) is 11.4 Å². The van der Waals surface area contributed by atoms with Crippen LogP contribution in [0.2, 0.25) is 0 Å². The summed E-state index contributed by atoms with van der Waals surface area (Å²) in [6.07, 6.45) is 0.177. The smallest absolute Gasteiger partial charge is 0.355 e. The fourth-order valence-electron chi connectivity index (χ4n) is 3.29. The lowest BCUT2D eigenvalue weighted by molar-refractivity contribution is -0.121. The van der Waals surface area contributed by atoms with Crippen LogP contribution in [0.3, 0.4) is 0 Å². The molecule has 1 aromatic heterocycles. The second kappa shape index (κ2) is 9.14. The predicted octanol–water partition coefficient (Wildman–Crippen LogP) is 3.90. The second-order valence-electron chi connectivity index (χ2n) is 7.01. The van der Waals surface area contributed by atoms with E-state index in [1.807, 2.05) is 38.1 Å². The van der Waals surface area contributed by atoms with Crippen LogP contribution < -0.4 is 9.64 Å². The number of methoxy groups -OCH3 is 1. The summed E-state index contributed by atoms with van der Waals surface area (Å²) in [5.74, 6) is -0.346. The van der Waals surface area contributed by atoms with Gasteiger partial charge in [-0.3, -0.25) is 4.79 Å². The van der Waals surface area contributed by atoms with Crippen molar-refractivity contribution in [1.82, 2.24) is 4.98 Å². The molecule has 0 radical (unpaired) electrons. The number of ether oxygens (including phenoxy) is 2. The van der Waals surface area contributed by atoms with Crippen molar-refractivity contribution in [2.75, 3.05) is 25.2 Å². The number of aryl methyl sites for hydroxylation is 2. The largest absolute Gasteiger partial charge is 0.497 e. The van der Waals surface area contributed by atoms with E-state index < -0.39 is 12.6 Å². The van der Waals surface area contributed by atoms with E-state index in [2.05, 4.69) is 11.1 Å². The van der Waals surface area contributed by atoms with Crippen molar-refractivity contribution in [2.45, 2.75) is 20.3 Å². The van der Waals surface area contributed by atoms with E-state index in [4.69, 9.17) is 14.7 Å². The third-order valence-corrected chi connectivity index (χ3v) is 4.64. The van der Waals surface area contributed by atoms with Crippen LogP contribution >= 0.6 is 0 Å². The second-order valence-corrected chi connectivity index (χ2v) is 7.01. The van der Waals surface area contributed by atoms with E-state index in [0.29, 0.717) is 11.4 Å². The number of carbonyl (C=O) groups excluding carboxylic acids is 2. The van der Waals surface area contributed by atoms with Gasteiger partial charge in [-0.1, -0.05) is 6.07 Å². The van der Waals surface area contributed by atoms with Gasteiger partial charge >= 0.3 is 5.97 Å². The molecule has 0 saturated carbocycles. The lowest BCUT2D eigenvalue weighted by Crippen LogP contribution is -2.35. The maximum absolute atomic E-state index is 12.8. The number of carbonyl (C=O) groups is 2. The standard InChI is InChI=1S/C23H23N3O4/c1-15-9-16(2)11-18(10-15)26(8-4-7-24)22(27)14-30-23(28)21-12-17-5-6-19(29-3)13-20(17)25-21/h5-6,9-13,25H,4,8,14H2,1-3H3. The molecule has 0 aliphatic heterocycles. The molecular formula is C23H23N3O4. The molecule has 0 bridgehead atoms. The minimum Gasteiger partial charge on any atom is -0.497 e. The van der Waals surface area contributed by atoms with E-state index in [-0.39, 0.29) is 24.6 Å². The van der Waals surface area contributed by atoms with Crippen molar-refractivity contribution in [3.63, 3.8) is 0 Å². The summed E-state index contributed by atoms with van der Waals surface area (Å²) in [6.45, 7) is 3.68. The van der Waals surface area contributed by atoms with Crippen LogP contribution in [-0.2, 0) is 9.53 Å². The monoisotopic (exact) mass is 405 g/mol. The first-order chi connectivity index (χ1) is 14.4. The highest BCUT2D eigenvalue weighted by Gasteiger charge is 2.19. The lowest BCUT2D eigenvalue weighted by Gasteiger charge is -2.22. The number of nitriles is 1. The maximum Gasteiger partial charge on any atom is 0.355 e. The Bertz CT molecular complexity index is 1110. The van der Waals surface area contributed by atoms with E-state index in [1.54, 1.807) is 25.3 Å². The van der Waals surface area contributed by atoms with Gasteiger partial charge in [0.2, 0.25) is 0 Å². The first-order valence-electron chi connectivity index (χ1n) is 9.51. The Labute approximate surface area is 174 Å². The molecule has 3 rings (SSSR count). The summed E-state index contributed by atoms with van der Waals surface area (Å²) in [7, 11) is 1.57. The fraction of sp³-hybridized carbons (Fsp3) is 0.261. The molecule has 1 amide bonds. The summed E-state index contributed by atoms with van der Waals surface area (Å²) in [6, 6.07) is 14.9. The van der Waals surface area contributed by atoms with Crippen LogP contribution in [-0.4, -0.2) is 37.1 Å². The number of esters is 1. The van der Waals surface area contributed by atoms with Crippen LogP contribution in [0.4, 0.5) is 5.69 Å². The zero-order chi connectivity index (χ0) is 21.7. The Hall–Kier alpha value is -3.79. The van der Waals surface area contributed by atoms with Crippen molar-refractivity contribution >= 4 is 28.5 Å². The van der Waals surface area contributed by atoms with Gasteiger partial charge in [0.15, 0.2) is 6.61 Å². The highest BCUT2D eigenvalue weighted by molar-refractivity contribution is 5.98. The third-order valence-electron chi connectivity index (χ3n) is 4.64. The first kappa shape index (κ1) is 20.9. The maximum atomic E-state index is 12.8. The number of hydrogen-bond donors (Lipinski definition) is 1. The van der Waals surface area contributed by atoms with Gasteiger partial charge in [-0.05, 0) is 55.3 Å². The van der Waals surface area contributed by atoms with Crippen LogP contribution in [0.5, 0.6) is 5.75 Å². The number of amides is 1. The Morgan fingerprint density at radius 1 is 1.10 bits per heavy atom. The van der Waals surface area contributed by atoms with Crippen molar-refractivity contribution in [3.8, 4) is 11.8 Å². The molecule has 30 heavy (non-hydrogen) atoms. The van der Waals surface area contributed by atoms with Gasteiger partial charge in [0.25, 0.3) is 5.91 Å². The molecule has 2 aromatic carbocycles. The molecule has 0 atom stereocenters. The SMILES string of the molecule is COc1ccc2cc(C(=O)OCC(=O)N(CCC#N)c3cc(C)cc(C)c3)[nH]c2c1. The average Bonchev–Trinajstić information content (AvgIpc) is 3.15. The number of anilines is 1. The average molecular weight is 405 g/mol. The number of hydrogen-bond acceptors (Lipinski definition) is 5. The normalized spacial score (nSPS) is 10.5. The number of aromatic amines is 1. The number of nitrogens with zero attached hydrogens (tertiary/aromatic N) is 2. The molecular weight excluding hydrogens is 382 g/mol. The molecule has 0 spiro atoms. The highest BCUT2D eigenvalue weighted by Crippen LogP contribution is 2.22. The van der Waals surface area contributed by atoms with Crippen LogP contribution in [0.1, 0.15) is 28.0 Å². The molecule has 7 heteroatoms. The molecule has 0 saturated heterocycles. The minimum atomic E-state index is -0.626. The summed E-state index contributed by atoms with van der Waals surface area (Å²) in [5.41, 5.74) is 3.68. The van der Waals surface area contributed by atoms with Crippen LogP contribution in [0.15, 0.2) is 42.5 Å². The number of rotatable bonds is 7. The highest BCUT2D eigenvalue weighted by atomic mass is 16.5. The van der Waals surface area contributed by atoms with E-state index in [1.165, 1.54) is 4.90 Å². The van der Waals surface area contributed by atoms with Gasteiger partial charge in [-0.25, -0.2) is 4.79 Å². The predicted molar refractivity (Wildman–Crippen MR) is 114 cm³/mol. The van der Waals surface area contributed by atoms with E-state index in [0.717, 1.165) is 22.0 Å². The number of fused-ring (bicyclic) bond motifs is 1. The zero-order valence-corrected chi connectivity index (χ0v) is 17.2. The van der Waals surface area contributed by atoms with Gasteiger partial charge in [0, 0.05) is 29.2 Å². The molecule has 1 N–H and O–H groups in total. The quantitative estimate of drug-likeness (QED) is 0.602. The lowest BCUT2D eigenvalue weighted by atomic mass is 10.1.